The largest absolute Gasteiger partial charge is 0.373 e. The molecule has 1 aromatic rings. The number of fused-ring (bicyclic) bond motifs is 1. The number of halogens is 2. The topological polar surface area (TPSA) is 64.7 Å². The highest BCUT2D eigenvalue weighted by Gasteiger charge is 2.48. The number of non-ortho nitro benzene ring substituents is 1. The zero-order valence-electron chi connectivity index (χ0n) is 11.6. The van der Waals surface area contributed by atoms with E-state index in [1.807, 2.05) is 0 Å². The molecule has 2 heterocycles. The molecule has 0 N–H and O–H groups in total. The molecule has 0 aliphatic carbocycles. The minimum atomic E-state index is -1.01. The monoisotopic (exact) mass is 328 g/mol. The van der Waals surface area contributed by atoms with E-state index in [-0.39, 0.29) is 23.8 Å². The van der Waals surface area contributed by atoms with Gasteiger partial charge in [0.25, 0.3) is 5.69 Å². The van der Waals surface area contributed by atoms with Gasteiger partial charge in [0.15, 0.2) is 0 Å². The van der Waals surface area contributed by atoms with Crippen LogP contribution in [0.2, 0.25) is 0 Å². The molecule has 2 aliphatic heterocycles. The second-order valence-corrected chi connectivity index (χ2v) is 6.31. The lowest BCUT2D eigenvalue weighted by molar-refractivity contribution is -0.385. The van der Waals surface area contributed by atoms with E-state index in [9.17, 15) is 18.9 Å². The number of nitrogens with zero attached hydrogens (tertiary/aromatic N) is 2. The summed E-state index contributed by atoms with van der Waals surface area (Å²) in [4.78, 5) is 14.8. The second-order valence-electron chi connectivity index (χ2n) is 5.43. The van der Waals surface area contributed by atoms with Crippen molar-refractivity contribution in [2.45, 2.75) is 18.1 Å². The van der Waals surface area contributed by atoms with E-state index < -0.39 is 29.1 Å². The van der Waals surface area contributed by atoms with Crippen LogP contribution in [0.4, 0.5) is 14.5 Å². The fraction of sp³-hybridized carbons (Fsp3) is 0.500. The summed E-state index contributed by atoms with van der Waals surface area (Å²) in [5, 5.41) is 11.0. The Morgan fingerprint density at radius 1 is 1.55 bits per heavy atom. The Morgan fingerprint density at radius 3 is 3.09 bits per heavy atom. The minimum absolute atomic E-state index is 0.0292. The maximum absolute atomic E-state index is 14.3. The van der Waals surface area contributed by atoms with Gasteiger partial charge in [0.1, 0.15) is 18.0 Å². The number of aliphatic imine (C=N–C) groups is 1. The van der Waals surface area contributed by atoms with Crippen LogP contribution in [0.25, 0.3) is 0 Å². The number of alkyl halides is 1. The van der Waals surface area contributed by atoms with Gasteiger partial charge in [-0.1, -0.05) is 0 Å². The predicted molar refractivity (Wildman–Crippen MR) is 79.5 cm³/mol. The van der Waals surface area contributed by atoms with E-state index in [0.29, 0.717) is 12.2 Å². The van der Waals surface area contributed by atoms with E-state index in [1.165, 1.54) is 17.8 Å². The predicted octanol–water partition coefficient (Wildman–Crippen LogP) is 3.08. The number of nitro groups is 1. The van der Waals surface area contributed by atoms with E-state index in [2.05, 4.69) is 4.99 Å². The first-order valence-corrected chi connectivity index (χ1v) is 7.89. The van der Waals surface area contributed by atoms with Crippen molar-refractivity contribution >= 4 is 23.0 Å². The van der Waals surface area contributed by atoms with Crippen molar-refractivity contribution in [3.8, 4) is 0 Å². The molecule has 5 nitrogen and oxygen atoms in total. The summed E-state index contributed by atoms with van der Waals surface area (Å²) in [7, 11) is 0. The number of ether oxygens (including phenoxy) is 1. The first kappa shape index (κ1) is 15.4. The number of nitro benzene ring substituents is 1. The van der Waals surface area contributed by atoms with Crippen LogP contribution in [0.15, 0.2) is 23.2 Å². The molecule has 118 valence electrons. The molecule has 3 atom stereocenters. The Morgan fingerprint density at radius 2 is 2.36 bits per heavy atom. The summed E-state index contributed by atoms with van der Waals surface area (Å²) in [5.41, 5.74) is 0.576. The highest BCUT2D eigenvalue weighted by atomic mass is 32.2. The molecule has 0 amide bonds. The summed E-state index contributed by atoms with van der Waals surface area (Å²) in [6.07, 6.45) is -0.100. The molecular formula is C14H14F2N2O3S. The van der Waals surface area contributed by atoms with E-state index in [1.54, 1.807) is 5.55 Å². The first-order chi connectivity index (χ1) is 10.6. The van der Waals surface area contributed by atoms with Crippen molar-refractivity contribution in [2.75, 3.05) is 19.0 Å². The average Bonchev–Trinajstić information content (AvgIpc) is 2.54. The molecule has 0 radical (unpaired) electrons. The Balaban J connectivity index is 2.07. The Hall–Kier alpha value is -1.54. The molecule has 0 bridgehead atoms. The third-order valence-electron chi connectivity index (χ3n) is 4.22. The normalized spacial score (nSPS) is 30.8. The Kier molecular flexibility index (Phi) is 4.14. The zero-order valence-corrected chi connectivity index (χ0v) is 12.4. The lowest BCUT2D eigenvalue weighted by Gasteiger charge is -2.45. The summed E-state index contributed by atoms with van der Waals surface area (Å²) in [6.45, 7) is -0.570. The molecule has 1 fully saturated rings. The number of hydrogen-bond acceptors (Lipinski definition) is 5. The van der Waals surface area contributed by atoms with Crippen LogP contribution in [0.3, 0.4) is 0 Å². The molecule has 0 saturated carbocycles. The Bertz CT molecular complexity index is 628. The highest BCUT2D eigenvalue weighted by Crippen LogP contribution is 2.46. The summed E-state index contributed by atoms with van der Waals surface area (Å²) in [6, 6.07) is 3.42. The van der Waals surface area contributed by atoms with Gasteiger partial charge in [-0.2, -0.15) is 0 Å². The number of hydrogen-bond donors (Lipinski definition) is 0. The third kappa shape index (κ3) is 2.50. The van der Waals surface area contributed by atoms with Gasteiger partial charge in [-0.3, -0.25) is 15.1 Å². The molecular weight excluding hydrogens is 314 g/mol. The molecule has 3 rings (SSSR count). The minimum Gasteiger partial charge on any atom is -0.373 e. The van der Waals surface area contributed by atoms with Crippen LogP contribution in [0.5, 0.6) is 0 Å². The fourth-order valence-electron chi connectivity index (χ4n) is 3.02. The van der Waals surface area contributed by atoms with E-state index in [4.69, 9.17) is 4.74 Å². The van der Waals surface area contributed by atoms with Crippen molar-refractivity contribution in [2.24, 2.45) is 10.9 Å². The van der Waals surface area contributed by atoms with Gasteiger partial charge in [0.2, 0.25) is 0 Å². The SMILES string of the molecule is O=[N+]([O-])c1ccc(F)c([C@]23CO[C@@H](CF)CC2CSC=N3)c1. The second kappa shape index (κ2) is 5.92. The molecule has 0 spiro atoms. The van der Waals surface area contributed by atoms with Crippen LogP contribution in [0, 0.1) is 21.8 Å². The summed E-state index contributed by atoms with van der Waals surface area (Å²) >= 11 is 1.48. The highest BCUT2D eigenvalue weighted by molar-refractivity contribution is 8.12. The molecule has 0 aromatic heterocycles. The van der Waals surface area contributed by atoms with Crippen molar-refractivity contribution in [3.63, 3.8) is 0 Å². The van der Waals surface area contributed by atoms with Gasteiger partial charge in [-0.15, -0.1) is 11.8 Å². The molecule has 22 heavy (non-hydrogen) atoms. The molecule has 8 heteroatoms. The quantitative estimate of drug-likeness (QED) is 0.632. The van der Waals surface area contributed by atoms with Crippen LogP contribution in [0.1, 0.15) is 12.0 Å². The summed E-state index contributed by atoms with van der Waals surface area (Å²) < 4.78 is 32.7. The van der Waals surface area contributed by atoms with Crippen LogP contribution in [-0.2, 0) is 10.3 Å². The lowest BCUT2D eigenvalue weighted by Crippen LogP contribution is -2.49. The smallest absolute Gasteiger partial charge is 0.270 e. The number of thioether (sulfide) groups is 1. The zero-order chi connectivity index (χ0) is 15.7. The first-order valence-electron chi connectivity index (χ1n) is 6.84. The maximum Gasteiger partial charge on any atom is 0.270 e. The van der Waals surface area contributed by atoms with Gasteiger partial charge in [-0.25, -0.2) is 8.78 Å². The van der Waals surface area contributed by atoms with Crippen molar-refractivity contribution in [1.82, 2.24) is 0 Å². The fourth-order valence-corrected chi connectivity index (χ4v) is 4.01. The molecule has 1 saturated heterocycles. The van der Waals surface area contributed by atoms with Gasteiger partial charge in [-0.05, 0) is 12.5 Å². The van der Waals surface area contributed by atoms with E-state index >= 15 is 0 Å². The van der Waals surface area contributed by atoms with Crippen LogP contribution >= 0.6 is 11.8 Å². The maximum atomic E-state index is 14.3. The molecule has 1 aromatic carbocycles. The van der Waals surface area contributed by atoms with Crippen LogP contribution in [-0.4, -0.2) is 35.6 Å². The van der Waals surface area contributed by atoms with Gasteiger partial charge >= 0.3 is 0 Å². The summed E-state index contributed by atoms with van der Waals surface area (Å²) in [5.74, 6) is -0.0127. The average molecular weight is 328 g/mol. The molecule has 2 aliphatic rings. The van der Waals surface area contributed by atoms with Gasteiger partial charge < -0.3 is 4.74 Å². The van der Waals surface area contributed by atoms with Gasteiger partial charge in [0, 0.05) is 29.4 Å². The van der Waals surface area contributed by atoms with Gasteiger partial charge in [0.05, 0.1) is 23.2 Å². The molecule has 1 unspecified atom stereocenters. The number of benzene rings is 1. The standard InChI is InChI=1S/C14H14F2N2O3S/c15-5-11-3-9-6-22-8-17-14(9,7-21-11)12-4-10(18(19)20)1-2-13(12)16/h1-2,4,8-9,11H,3,5-7H2/t9?,11-,14+/m1/s1. The van der Waals surface area contributed by atoms with Crippen molar-refractivity contribution < 1.29 is 18.4 Å². The third-order valence-corrected chi connectivity index (χ3v) is 5.07. The van der Waals surface area contributed by atoms with E-state index in [0.717, 1.165) is 12.1 Å². The number of rotatable bonds is 3. The van der Waals surface area contributed by atoms with Crippen molar-refractivity contribution in [3.05, 3.63) is 39.7 Å². The Labute approximate surface area is 129 Å². The van der Waals surface area contributed by atoms with Crippen molar-refractivity contribution in [1.29, 1.82) is 0 Å². The lowest BCUT2D eigenvalue weighted by atomic mass is 9.75. The van der Waals surface area contributed by atoms with Crippen LogP contribution < -0.4 is 0 Å².